The van der Waals surface area contributed by atoms with Crippen molar-refractivity contribution in [1.82, 2.24) is 10.2 Å². The van der Waals surface area contributed by atoms with Crippen LogP contribution in [0, 0.1) is 0 Å². The van der Waals surface area contributed by atoms with E-state index in [1.807, 2.05) is 11.4 Å². The molecule has 23 heavy (non-hydrogen) atoms. The summed E-state index contributed by atoms with van der Waals surface area (Å²) >= 11 is 13.4. The first-order valence-corrected chi connectivity index (χ1v) is 8.16. The number of halogens is 2. The van der Waals surface area contributed by atoms with E-state index >= 15 is 0 Å². The number of carbonyl (C=O) groups excluding carboxylic acids is 1. The largest absolute Gasteiger partial charge is 0.337 e. The average Bonchev–Trinajstić information content (AvgIpc) is 3.07. The summed E-state index contributed by atoms with van der Waals surface area (Å²) in [5, 5.41) is 16.6. The number of rotatable bonds is 4. The Morgan fingerprint density at radius 1 is 1.04 bits per heavy atom. The average molecular weight is 365 g/mol. The topological polar surface area (TPSA) is 66.9 Å². The van der Waals surface area contributed by atoms with Crippen LogP contribution in [0.5, 0.6) is 0 Å². The lowest BCUT2D eigenvalue weighted by atomic mass is 10.3. The molecule has 5 nitrogen and oxygen atoms in total. The van der Waals surface area contributed by atoms with Crippen LogP contribution < -0.4 is 10.6 Å². The Bertz CT molecular complexity index is 822. The molecule has 0 fully saturated rings. The van der Waals surface area contributed by atoms with E-state index in [4.69, 9.17) is 23.2 Å². The minimum atomic E-state index is -0.215. The molecule has 2 N–H and O–H groups in total. The Labute approximate surface area is 146 Å². The number of nitrogens with zero attached hydrogens (tertiary/aromatic N) is 2. The number of aromatic nitrogens is 2. The molecule has 0 unspecified atom stereocenters. The van der Waals surface area contributed by atoms with Gasteiger partial charge in [-0.25, -0.2) is 0 Å². The van der Waals surface area contributed by atoms with Gasteiger partial charge >= 0.3 is 0 Å². The molecule has 0 saturated heterocycles. The van der Waals surface area contributed by atoms with Crippen LogP contribution in [-0.4, -0.2) is 16.1 Å². The molecule has 116 valence electrons. The molecule has 0 aliphatic heterocycles. The molecule has 0 saturated carbocycles. The van der Waals surface area contributed by atoms with Crippen molar-refractivity contribution in [2.75, 3.05) is 10.6 Å². The summed E-state index contributed by atoms with van der Waals surface area (Å²) in [6.07, 6.45) is 0. The molecule has 0 bridgehead atoms. The van der Waals surface area contributed by atoms with Crippen LogP contribution in [0.1, 0.15) is 9.67 Å². The molecule has 0 atom stereocenters. The second-order valence-electron chi connectivity index (χ2n) is 4.48. The smallest absolute Gasteiger partial charge is 0.266 e. The fourth-order valence-corrected chi connectivity index (χ4v) is 2.74. The van der Waals surface area contributed by atoms with Crippen molar-refractivity contribution in [3.63, 3.8) is 0 Å². The Kier molecular flexibility index (Phi) is 4.76. The van der Waals surface area contributed by atoms with Crippen molar-refractivity contribution in [3.05, 3.63) is 62.8 Å². The van der Waals surface area contributed by atoms with Crippen LogP contribution in [0.3, 0.4) is 0 Å². The van der Waals surface area contributed by atoms with Crippen LogP contribution >= 0.6 is 34.5 Å². The van der Waals surface area contributed by atoms with E-state index in [-0.39, 0.29) is 5.91 Å². The third kappa shape index (κ3) is 3.98. The lowest BCUT2D eigenvalue weighted by Gasteiger charge is -2.08. The molecule has 0 spiro atoms. The van der Waals surface area contributed by atoms with Gasteiger partial charge in [0.15, 0.2) is 11.6 Å². The summed E-state index contributed by atoms with van der Waals surface area (Å²) in [4.78, 5) is 12.5. The summed E-state index contributed by atoms with van der Waals surface area (Å²) in [5.41, 5.74) is 0.629. The summed E-state index contributed by atoms with van der Waals surface area (Å²) in [5.74, 6) is 0.641. The first-order chi connectivity index (χ1) is 11.1. The monoisotopic (exact) mass is 364 g/mol. The Morgan fingerprint density at radius 3 is 2.52 bits per heavy atom. The molecule has 0 aliphatic rings. The fraction of sp³-hybridized carbons (Fsp3) is 0. The van der Waals surface area contributed by atoms with Crippen molar-refractivity contribution in [3.8, 4) is 0 Å². The van der Waals surface area contributed by atoms with Gasteiger partial charge < -0.3 is 10.6 Å². The van der Waals surface area contributed by atoms with Crippen LogP contribution in [0.25, 0.3) is 0 Å². The van der Waals surface area contributed by atoms with Gasteiger partial charge in [-0.05, 0) is 41.8 Å². The minimum Gasteiger partial charge on any atom is -0.337 e. The molecule has 0 aliphatic carbocycles. The lowest BCUT2D eigenvalue weighted by molar-refractivity contribution is 0.103. The van der Waals surface area contributed by atoms with E-state index in [9.17, 15) is 4.79 Å². The molecular weight excluding hydrogens is 355 g/mol. The van der Waals surface area contributed by atoms with Gasteiger partial charge in [0.25, 0.3) is 5.91 Å². The molecule has 8 heteroatoms. The predicted molar refractivity (Wildman–Crippen MR) is 94.0 cm³/mol. The highest BCUT2D eigenvalue weighted by molar-refractivity contribution is 7.12. The molecule has 1 amide bonds. The summed E-state index contributed by atoms with van der Waals surface area (Å²) in [7, 11) is 0. The van der Waals surface area contributed by atoms with Gasteiger partial charge in [0.2, 0.25) is 0 Å². The van der Waals surface area contributed by atoms with Crippen LogP contribution in [0.4, 0.5) is 17.3 Å². The minimum absolute atomic E-state index is 0.215. The standard InChI is InChI=1S/C15H10Cl2N4OS/c16-9-3-4-10(17)11(8-9)18-13-5-6-14(21-20-13)19-15(22)12-2-1-7-23-12/h1-8H,(H,18,20)(H,19,21,22). The van der Waals surface area contributed by atoms with E-state index in [1.54, 1.807) is 36.4 Å². The van der Waals surface area contributed by atoms with Crippen LogP contribution in [0.2, 0.25) is 10.0 Å². The summed E-state index contributed by atoms with van der Waals surface area (Å²) in [6.45, 7) is 0. The highest BCUT2D eigenvalue weighted by Crippen LogP contribution is 2.27. The van der Waals surface area contributed by atoms with Gasteiger partial charge in [0.1, 0.15) is 0 Å². The van der Waals surface area contributed by atoms with Crippen molar-refractivity contribution >= 4 is 57.8 Å². The van der Waals surface area contributed by atoms with E-state index in [0.717, 1.165) is 0 Å². The summed E-state index contributed by atoms with van der Waals surface area (Å²) in [6, 6.07) is 12.0. The Morgan fingerprint density at radius 2 is 1.83 bits per heavy atom. The van der Waals surface area contributed by atoms with Gasteiger partial charge in [-0.15, -0.1) is 21.5 Å². The van der Waals surface area contributed by atoms with Crippen molar-refractivity contribution < 1.29 is 4.79 Å². The van der Waals surface area contributed by atoms with E-state index in [2.05, 4.69) is 20.8 Å². The molecule has 3 rings (SSSR count). The zero-order chi connectivity index (χ0) is 16.2. The number of thiophene rings is 1. The fourth-order valence-electron chi connectivity index (χ4n) is 1.78. The number of amides is 1. The van der Waals surface area contributed by atoms with E-state index in [1.165, 1.54) is 11.3 Å². The van der Waals surface area contributed by atoms with Crippen molar-refractivity contribution in [2.24, 2.45) is 0 Å². The van der Waals surface area contributed by atoms with E-state index in [0.29, 0.717) is 32.2 Å². The molecular formula is C15H10Cl2N4OS. The zero-order valence-corrected chi connectivity index (χ0v) is 13.9. The van der Waals surface area contributed by atoms with Crippen molar-refractivity contribution in [2.45, 2.75) is 0 Å². The molecule has 2 aromatic heterocycles. The molecule has 3 aromatic rings. The third-order valence-electron chi connectivity index (χ3n) is 2.84. The quantitative estimate of drug-likeness (QED) is 0.694. The molecule has 1 aromatic carbocycles. The second kappa shape index (κ2) is 6.95. The first-order valence-electron chi connectivity index (χ1n) is 6.52. The van der Waals surface area contributed by atoms with Gasteiger partial charge in [-0.2, -0.15) is 0 Å². The molecule has 0 radical (unpaired) electrons. The maximum Gasteiger partial charge on any atom is 0.266 e. The number of benzene rings is 1. The first kappa shape index (κ1) is 15.7. The van der Waals surface area contributed by atoms with Crippen LogP contribution in [-0.2, 0) is 0 Å². The number of hydrogen-bond acceptors (Lipinski definition) is 5. The third-order valence-corrected chi connectivity index (χ3v) is 4.28. The maximum absolute atomic E-state index is 11.9. The lowest BCUT2D eigenvalue weighted by Crippen LogP contribution is -2.12. The van der Waals surface area contributed by atoms with Gasteiger partial charge in [-0.1, -0.05) is 29.3 Å². The second-order valence-corrected chi connectivity index (χ2v) is 6.28. The summed E-state index contributed by atoms with van der Waals surface area (Å²) < 4.78 is 0. The number of nitrogens with one attached hydrogen (secondary N) is 2. The van der Waals surface area contributed by atoms with Gasteiger partial charge in [0.05, 0.1) is 15.6 Å². The Hall–Kier alpha value is -2.15. The number of anilines is 3. The molecule has 2 heterocycles. The SMILES string of the molecule is O=C(Nc1ccc(Nc2cc(Cl)ccc2Cl)nn1)c1cccs1. The van der Waals surface area contributed by atoms with E-state index < -0.39 is 0 Å². The maximum atomic E-state index is 11.9. The number of hydrogen-bond donors (Lipinski definition) is 2. The zero-order valence-electron chi connectivity index (χ0n) is 11.6. The highest BCUT2D eigenvalue weighted by atomic mass is 35.5. The van der Waals surface area contributed by atoms with Crippen molar-refractivity contribution in [1.29, 1.82) is 0 Å². The van der Waals surface area contributed by atoms with Crippen LogP contribution in [0.15, 0.2) is 47.8 Å². The Balaban J connectivity index is 1.70. The number of carbonyl (C=O) groups is 1. The normalized spacial score (nSPS) is 10.3. The van der Waals surface area contributed by atoms with Gasteiger partial charge in [-0.3, -0.25) is 4.79 Å². The van der Waals surface area contributed by atoms with Gasteiger partial charge in [0, 0.05) is 5.02 Å². The predicted octanol–water partition coefficient (Wildman–Crippen LogP) is 4.84. The highest BCUT2D eigenvalue weighted by Gasteiger charge is 2.08.